The summed E-state index contributed by atoms with van der Waals surface area (Å²) in [5, 5.41) is 11.9. The van der Waals surface area contributed by atoms with Gasteiger partial charge in [0.2, 0.25) is 0 Å². The maximum absolute atomic E-state index is 9.85. The molecule has 4 rings (SSSR count). The van der Waals surface area contributed by atoms with Gasteiger partial charge < -0.3 is 4.74 Å². The molecule has 0 unspecified atom stereocenters. The molecular weight excluding hydrogens is 471 g/mol. The van der Waals surface area contributed by atoms with Crippen molar-refractivity contribution in [3.63, 3.8) is 0 Å². The van der Waals surface area contributed by atoms with Crippen molar-refractivity contribution in [1.29, 1.82) is 5.26 Å². The topological polar surface area (TPSA) is 45.4 Å². The summed E-state index contributed by atoms with van der Waals surface area (Å²) in [5.41, 5.74) is 3.81. The van der Waals surface area contributed by atoms with Crippen LogP contribution in [0, 0.1) is 22.7 Å². The van der Waals surface area contributed by atoms with Crippen LogP contribution in [0.5, 0.6) is 5.75 Å². The molecule has 0 N–H and O–H groups in total. The number of thiophene rings is 1. The highest BCUT2D eigenvalue weighted by Gasteiger charge is 2.32. The molecule has 1 aromatic heterocycles. The Kier molecular flexibility index (Phi) is 7.14. The number of nitrogens with zero attached hydrogens (tertiary/aromatic N) is 2. The highest BCUT2D eigenvalue weighted by Crippen LogP contribution is 2.45. The van der Waals surface area contributed by atoms with Crippen LogP contribution >= 0.6 is 34.5 Å². The van der Waals surface area contributed by atoms with Crippen LogP contribution in [-0.4, -0.2) is 6.21 Å². The summed E-state index contributed by atoms with van der Waals surface area (Å²) in [6.45, 7) is 7.23. The normalized spacial score (nSPS) is 15.9. The molecule has 2 aromatic carbocycles. The molecule has 3 nitrogen and oxygen atoms in total. The molecule has 0 radical (unpaired) electrons. The second kappa shape index (κ2) is 9.89. The number of rotatable bonds is 5. The predicted octanol–water partition coefficient (Wildman–Crippen LogP) is 8.41. The Morgan fingerprint density at radius 3 is 2.73 bits per heavy atom. The van der Waals surface area contributed by atoms with Crippen molar-refractivity contribution < 1.29 is 4.74 Å². The fourth-order valence-corrected chi connectivity index (χ4v) is 5.76. The minimum Gasteiger partial charge on any atom is -0.488 e. The second-order valence-corrected chi connectivity index (χ2v) is 11.3. The van der Waals surface area contributed by atoms with Crippen LogP contribution in [0.1, 0.15) is 54.3 Å². The maximum Gasteiger partial charge on any atom is 0.134 e. The summed E-state index contributed by atoms with van der Waals surface area (Å²) in [4.78, 5) is 6.02. The van der Waals surface area contributed by atoms with Crippen LogP contribution in [-0.2, 0) is 19.4 Å². The van der Waals surface area contributed by atoms with Crippen molar-refractivity contribution in [3.05, 3.63) is 79.6 Å². The number of benzene rings is 2. The molecule has 1 heterocycles. The van der Waals surface area contributed by atoms with Crippen LogP contribution in [0.25, 0.3) is 0 Å². The largest absolute Gasteiger partial charge is 0.488 e. The fraction of sp³-hybridized carbons (Fsp3) is 0.333. The molecule has 0 bridgehead atoms. The standard InChI is InChI=1S/C27H26Cl2N2OS/c1-27(2,3)19-8-10-21-22(14-30)26(33-25(21)13-19)31-15-18-12-20(28)9-11-24(18)32-16-17-6-4-5-7-23(17)29/h4-7,9,11-12,15,19H,8,10,13,16H2,1-3H3/t19-/m0/s1. The Hall–Kier alpha value is -2.32. The van der Waals surface area contributed by atoms with Gasteiger partial charge in [0.1, 0.15) is 23.4 Å². The van der Waals surface area contributed by atoms with Crippen molar-refractivity contribution in [2.24, 2.45) is 16.3 Å². The summed E-state index contributed by atoms with van der Waals surface area (Å²) in [6, 6.07) is 15.4. The van der Waals surface area contributed by atoms with Crippen LogP contribution in [0.3, 0.4) is 0 Å². The minimum atomic E-state index is 0.257. The molecular formula is C27H26Cl2N2OS. The van der Waals surface area contributed by atoms with Crippen molar-refractivity contribution in [1.82, 2.24) is 0 Å². The fourth-order valence-electron chi connectivity index (χ4n) is 4.17. The van der Waals surface area contributed by atoms with E-state index in [0.717, 1.165) is 35.4 Å². The van der Waals surface area contributed by atoms with Gasteiger partial charge in [0.25, 0.3) is 0 Å². The first-order valence-corrected chi connectivity index (χ1v) is 12.6. The summed E-state index contributed by atoms with van der Waals surface area (Å²) >= 11 is 14.2. The average molecular weight is 497 g/mol. The molecule has 0 spiro atoms. The molecule has 1 atom stereocenters. The maximum atomic E-state index is 9.85. The number of hydrogen-bond donors (Lipinski definition) is 0. The number of aliphatic imine (C=N–C) groups is 1. The van der Waals surface area contributed by atoms with Crippen LogP contribution in [0.4, 0.5) is 5.00 Å². The van der Waals surface area contributed by atoms with Gasteiger partial charge in [-0.2, -0.15) is 5.26 Å². The van der Waals surface area contributed by atoms with E-state index < -0.39 is 0 Å². The molecule has 1 aliphatic carbocycles. The SMILES string of the molecule is CC(C)(C)[C@H]1CCc2c(sc(N=Cc3cc(Cl)ccc3OCc3ccccc3Cl)c2C#N)C1. The van der Waals surface area contributed by atoms with Crippen molar-refractivity contribution in [2.45, 2.75) is 46.6 Å². The molecule has 3 aromatic rings. The third kappa shape index (κ3) is 5.44. The number of halogens is 2. The van der Waals surface area contributed by atoms with Gasteiger partial charge in [-0.15, -0.1) is 11.3 Å². The number of hydrogen-bond acceptors (Lipinski definition) is 4. The third-order valence-corrected chi connectivity index (χ3v) is 7.98. The van der Waals surface area contributed by atoms with Gasteiger partial charge >= 0.3 is 0 Å². The first-order valence-electron chi connectivity index (χ1n) is 11.0. The number of fused-ring (bicyclic) bond motifs is 1. The third-order valence-electron chi connectivity index (χ3n) is 6.22. The van der Waals surface area contributed by atoms with Gasteiger partial charge in [-0.05, 0) is 60.4 Å². The lowest BCUT2D eigenvalue weighted by Gasteiger charge is -2.33. The Morgan fingerprint density at radius 1 is 1.21 bits per heavy atom. The van der Waals surface area contributed by atoms with Gasteiger partial charge in [0, 0.05) is 32.3 Å². The Labute approximate surface area is 209 Å². The van der Waals surface area contributed by atoms with Crippen molar-refractivity contribution in [2.75, 3.05) is 0 Å². The zero-order valence-corrected chi connectivity index (χ0v) is 21.3. The van der Waals surface area contributed by atoms with Crippen molar-refractivity contribution in [3.8, 4) is 11.8 Å². The van der Waals surface area contributed by atoms with E-state index in [-0.39, 0.29) is 5.41 Å². The Balaban J connectivity index is 1.60. The quantitative estimate of drug-likeness (QED) is 0.332. The number of nitriles is 1. The smallest absolute Gasteiger partial charge is 0.134 e. The first kappa shape index (κ1) is 23.8. The van der Waals surface area contributed by atoms with E-state index in [9.17, 15) is 5.26 Å². The van der Waals surface area contributed by atoms with E-state index in [1.54, 1.807) is 23.6 Å². The second-order valence-electron chi connectivity index (χ2n) is 9.42. The first-order chi connectivity index (χ1) is 15.8. The van der Waals surface area contributed by atoms with Gasteiger partial charge in [0.15, 0.2) is 0 Å². The lowest BCUT2D eigenvalue weighted by Crippen LogP contribution is -2.26. The summed E-state index contributed by atoms with van der Waals surface area (Å²) in [5.74, 6) is 1.28. The van der Waals surface area contributed by atoms with Gasteiger partial charge in [0.05, 0.1) is 5.56 Å². The minimum absolute atomic E-state index is 0.257. The average Bonchev–Trinajstić information content (AvgIpc) is 3.14. The zero-order chi connectivity index (χ0) is 23.6. The highest BCUT2D eigenvalue weighted by atomic mass is 35.5. The summed E-state index contributed by atoms with van der Waals surface area (Å²) < 4.78 is 6.04. The van der Waals surface area contributed by atoms with Gasteiger partial charge in [-0.1, -0.05) is 62.2 Å². The molecule has 1 aliphatic rings. The van der Waals surface area contributed by atoms with Crippen molar-refractivity contribution >= 4 is 45.8 Å². The van der Waals surface area contributed by atoms with E-state index in [1.807, 2.05) is 36.4 Å². The lowest BCUT2D eigenvalue weighted by atomic mass is 9.72. The Bertz CT molecular complexity index is 1230. The van der Waals surface area contributed by atoms with Crippen LogP contribution in [0.2, 0.25) is 10.0 Å². The molecule has 0 saturated carbocycles. The van der Waals surface area contributed by atoms with E-state index in [1.165, 1.54) is 10.4 Å². The van der Waals surface area contributed by atoms with Gasteiger partial charge in [-0.3, -0.25) is 0 Å². The van der Waals surface area contributed by atoms with Crippen LogP contribution < -0.4 is 4.74 Å². The molecule has 0 fully saturated rings. The highest BCUT2D eigenvalue weighted by molar-refractivity contribution is 7.16. The Morgan fingerprint density at radius 2 is 2.00 bits per heavy atom. The lowest BCUT2D eigenvalue weighted by molar-refractivity contribution is 0.218. The molecule has 0 aliphatic heterocycles. The van der Waals surface area contributed by atoms with E-state index in [4.69, 9.17) is 32.9 Å². The molecule has 0 amide bonds. The van der Waals surface area contributed by atoms with E-state index in [0.29, 0.717) is 33.9 Å². The molecule has 170 valence electrons. The zero-order valence-electron chi connectivity index (χ0n) is 19.0. The monoisotopic (exact) mass is 496 g/mol. The molecule has 6 heteroatoms. The number of ether oxygens (including phenoxy) is 1. The molecule has 33 heavy (non-hydrogen) atoms. The summed E-state index contributed by atoms with van der Waals surface area (Å²) in [6.07, 6.45) is 4.80. The van der Waals surface area contributed by atoms with Crippen LogP contribution in [0.15, 0.2) is 47.5 Å². The predicted molar refractivity (Wildman–Crippen MR) is 138 cm³/mol. The van der Waals surface area contributed by atoms with Gasteiger partial charge in [-0.25, -0.2) is 4.99 Å². The van der Waals surface area contributed by atoms with E-state index >= 15 is 0 Å². The molecule has 0 saturated heterocycles. The summed E-state index contributed by atoms with van der Waals surface area (Å²) in [7, 11) is 0. The van der Waals surface area contributed by atoms with E-state index in [2.05, 4.69) is 26.8 Å².